The van der Waals surface area contributed by atoms with Gasteiger partial charge in [0.05, 0.1) is 29.0 Å². The number of amides is 1. The lowest BCUT2D eigenvalue weighted by atomic mass is 10.1. The van der Waals surface area contributed by atoms with Crippen LogP contribution in [0.5, 0.6) is 0 Å². The molecule has 8 heteroatoms. The Kier molecular flexibility index (Phi) is 4.36. The Morgan fingerprint density at radius 3 is 2.77 bits per heavy atom. The van der Waals surface area contributed by atoms with E-state index in [2.05, 4.69) is 4.98 Å². The zero-order valence-corrected chi connectivity index (χ0v) is 17.8. The molecule has 1 amide bonds. The number of carbonyl (C=O) groups excluding carboxylic acids is 1. The molecule has 30 heavy (non-hydrogen) atoms. The van der Waals surface area contributed by atoms with Crippen molar-refractivity contribution in [1.82, 2.24) is 14.9 Å². The van der Waals surface area contributed by atoms with Crippen molar-refractivity contribution < 1.29 is 13.2 Å². The molecule has 1 fully saturated rings. The first-order chi connectivity index (χ1) is 14.3. The molecule has 2 aliphatic rings. The zero-order chi connectivity index (χ0) is 21.0. The second kappa shape index (κ2) is 6.84. The van der Waals surface area contributed by atoms with Crippen molar-refractivity contribution in [3.63, 3.8) is 0 Å². The van der Waals surface area contributed by atoms with E-state index in [1.807, 2.05) is 42.2 Å². The van der Waals surface area contributed by atoms with Gasteiger partial charge in [-0.15, -0.1) is 0 Å². The van der Waals surface area contributed by atoms with E-state index in [1.54, 1.807) is 12.1 Å². The summed E-state index contributed by atoms with van der Waals surface area (Å²) in [6.07, 6.45) is 3.63. The monoisotopic (exact) mass is 424 g/mol. The molecule has 7 nitrogen and oxygen atoms in total. The highest BCUT2D eigenvalue weighted by molar-refractivity contribution is 7.92. The molecule has 0 bridgehead atoms. The van der Waals surface area contributed by atoms with Gasteiger partial charge in [0, 0.05) is 18.2 Å². The van der Waals surface area contributed by atoms with Crippen LogP contribution in [-0.4, -0.2) is 48.0 Å². The third-order valence-corrected chi connectivity index (χ3v) is 7.35. The third kappa shape index (κ3) is 3.06. The minimum absolute atomic E-state index is 0.0359. The molecule has 2 aromatic carbocycles. The highest BCUT2D eigenvalue weighted by Gasteiger charge is 2.35. The summed E-state index contributed by atoms with van der Waals surface area (Å²) in [4.78, 5) is 23.3. The highest BCUT2D eigenvalue weighted by atomic mass is 32.2. The Bertz CT molecular complexity index is 1220. The molecular weight excluding hydrogens is 400 g/mol. The van der Waals surface area contributed by atoms with Gasteiger partial charge >= 0.3 is 0 Å². The number of para-hydroxylation sites is 2. The number of nitrogens with one attached hydrogen (secondary N) is 1. The maximum absolute atomic E-state index is 13.4. The van der Waals surface area contributed by atoms with Crippen LogP contribution < -0.4 is 4.31 Å². The minimum Gasteiger partial charge on any atom is -0.340 e. The van der Waals surface area contributed by atoms with E-state index in [0.717, 1.165) is 35.3 Å². The van der Waals surface area contributed by atoms with Crippen LogP contribution in [0.15, 0.2) is 42.5 Å². The molecule has 1 aromatic heterocycles. The molecule has 3 heterocycles. The molecule has 1 saturated heterocycles. The van der Waals surface area contributed by atoms with Gasteiger partial charge in [-0.1, -0.05) is 12.1 Å². The van der Waals surface area contributed by atoms with E-state index in [4.69, 9.17) is 4.98 Å². The summed E-state index contributed by atoms with van der Waals surface area (Å²) >= 11 is 0. The predicted octanol–water partition coefficient (Wildman–Crippen LogP) is 3.25. The van der Waals surface area contributed by atoms with Gasteiger partial charge in [0.1, 0.15) is 5.82 Å². The van der Waals surface area contributed by atoms with Crippen LogP contribution in [0.25, 0.3) is 11.0 Å². The number of H-pyrrole nitrogens is 1. The average Bonchev–Trinajstić information content (AvgIpc) is 3.40. The fraction of sp³-hybridized carbons (Fsp3) is 0.364. The minimum atomic E-state index is -3.35. The third-order valence-electron chi connectivity index (χ3n) is 6.07. The van der Waals surface area contributed by atoms with E-state index in [1.165, 1.54) is 10.6 Å². The molecule has 156 valence electrons. The molecular formula is C22H24N4O3S. The molecule has 5 rings (SSSR count). The lowest BCUT2D eigenvalue weighted by Crippen LogP contribution is -2.34. The summed E-state index contributed by atoms with van der Waals surface area (Å²) in [6, 6.07) is 13.0. The second-order valence-electron chi connectivity index (χ2n) is 8.25. The van der Waals surface area contributed by atoms with Crippen LogP contribution in [0.4, 0.5) is 5.69 Å². The predicted molar refractivity (Wildman–Crippen MR) is 116 cm³/mol. The fourth-order valence-corrected chi connectivity index (χ4v) is 6.10. The number of imidazole rings is 1. The number of anilines is 1. The Labute approximate surface area is 175 Å². The molecule has 2 aliphatic heterocycles. The number of benzene rings is 2. The number of aromatic amines is 1. The first-order valence-corrected chi connectivity index (χ1v) is 12.1. The van der Waals surface area contributed by atoms with E-state index in [0.29, 0.717) is 24.2 Å². The van der Waals surface area contributed by atoms with Crippen molar-refractivity contribution in [1.29, 1.82) is 0 Å². The first-order valence-electron chi connectivity index (χ1n) is 10.2. The number of hydrogen-bond donors (Lipinski definition) is 1. The molecule has 0 spiro atoms. The standard InChI is InChI=1S/C22H24N4O3S/c1-14-12-16-13-15(9-10-19(16)26(14)30(2,28)29)22(27)25-11-5-8-20(25)21-23-17-6-3-4-7-18(17)24-21/h3-4,6-7,9-10,13-14,20H,5,8,11-12H2,1-2H3,(H,23,24)/t14-,20+/m0/s1. The number of aromatic nitrogens is 2. The molecule has 1 N–H and O–H groups in total. The fourth-order valence-electron chi connectivity index (χ4n) is 4.83. The zero-order valence-electron chi connectivity index (χ0n) is 17.0. The van der Waals surface area contributed by atoms with Gasteiger partial charge in [0.2, 0.25) is 10.0 Å². The van der Waals surface area contributed by atoms with Gasteiger partial charge in [-0.2, -0.15) is 0 Å². The first kappa shape index (κ1) is 19.1. The maximum Gasteiger partial charge on any atom is 0.254 e. The molecule has 0 unspecified atom stereocenters. The summed E-state index contributed by atoms with van der Waals surface area (Å²) in [5.74, 6) is 0.784. The normalized spacial score (nSPS) is 21.4. The maximum atomic E-state index is 13.4. The highest BCUT2D eigenvalue weighted by Crippen LogP contribution is 2.37. The molecule has 0 radical (unpaired) electrons. The Hall–Kier alpha value is -2.87. The van der Waals surface area contributed by atoms with Gasteiger partial charge < -0.3 is 9.88 Å². The Balaban J connectivity index is 1.45. The number of likely N-dealkylation sites (tertiary alicyclic amines) is 1. The molecule has 2 atom stereocenters. The van der Waals surface area contributed by atoms with Gasteiger partial charge in [-0.25, -0.2) is 13.4 Å². The van der Waals surface area contributed by atoms with E-state index >= 15 is 0 Å². The topological polar surface area (TPSA) is 86.4 Å². The van der Waals surface area contributed by atoms with Crippen LogP contribution in [0.1, 0.15) is 47.6 Å². The van der Waals surface area contributed by atoms with Crippen molar-refractivity contribution in [2.75, 3.05) is 17.1 Å². The van der Waals surface area contributed by atoms with E-state index < -0.39 is 10.0 Å². The number of nitrogens with zero attached hydrogens (tertiary/aromatic N) is 3. The Morgan fingerprint density at radius 1 is 1.20 bits per heavy atom. The van der Waals surface area contributed by atoms with Gasteiger partial charge in [0.15, 0.2) is 0 Å². The quantitative estimate of drug-likeness (QED) is 0.699. The molecule has 0 saturated carbocycles. The van der Waals surface area contributed by atoms with E-state index in [9.17, 15) is 13.2 Å². The summed E-state index contributed by atoms with van der Waals surface area (Å²) < 4.78 is 25.7. The van der Waals surface area contributed by atoms with Crippen molar-refractivity contribution in [2.45, 2.75) is 38.3 Å². The SMILES string of the molecule is C[C@H]1Cc2cc(C(=O)N3CCC[C@@H]3c3nc4ccccc4[nH]3)ccc2N1S(C)(=O)=O. The van der Waals surface area contributed by atoms with Gasteiger partial charge in [-0.05, 0) is 62.1 Å². The smallest absolute Gasteiger partial charge is 0.254 e. The average molecular weight is 425 g/mol. The summed E-state index contributed by atoms with van der Waals surface area (Å²) in [5, 5.41) is 0. The van der Waals surface area contributed by atoms with Crippen molar-refractivity contribution in [3.8, 4) is 0 Å². The number of hydrogen-bond acceptors (Lipinski definition) is 4. The van der Waals surface area contributed by atoms with Crippen LogP contribution in [0.3, 0.4) is 0 Å². The van der Waals surface area contributed by atoms with E-state index in [-0.39, 0.29) is 18.0 Å². The van der Waals surface area contributed by atoms with Crippen molar-refractivity contribution in [2.24, 2.45) is 0 Å². The van der Waals surface area contributed by atoms with Crippen LogP contribution in [0, 0.1) is 0 Å². The lowest BCUT2D eigenvalue weighted by molar-refractivity contribution is 0.0730. The van der Waals surface area contributed by atoms with Crippen LogP contribution in [-0.2, 0) is 16.4 Å². The van der Waals surface area contributed by atoms with Gasteiger partial charge in [0.25, 0.3) is 5.91 Å². The van der Waals surface area contributed by atoms with Crippen LogP contribution in [0.2, 0.25) is 0 Å². The number of fused-ring (bicyclic) bond motifs is 2. The Morgan fingerprint density at radius 2 is 2.00 bits per heavy atom. The molecule has 0 aliphatic carbocycles. The summed E-state index contributed by atoms with van der Waals surface area (Å²) in [7, 11) is -3.35. The van der Waals surface area contributed by atoms with Crippen molar-refractivity contribution in [3.05, 3.63) is 59.4 Å². The summed E-state index contributed by atoms with van der Waals surface area (Å²) in [5.41, 5.74) is 4.05. The number of rotatable bonds is 3. The summed E-state index contributed by atoms with van der Waals surface area (Å²) in [6.45, 7) is 2.57. The van der Waals surface area contributed by atoms with Crippen LogP contribution >= 0.6 is 0 Å². The second-order valence-corrected chi connectivity index (χ2v) is 10.1. The molecule has 3 aromatic rings. The lowest BCUT2D eigenvalue weighted by Gasteiger charge is -2.24. The van der Waals surface area contributed by atoms with Crippen molar-refractivity contribution >= 4 is 32.7 Å². The largest absolute Gasteiger partial charge is 0.340 e. The number of sulfonamides is 1. The van der Waals surface area contributed by atoms with Gasteiger partial charge in [-0.3, -0.25) is 9.10 Å². The number of carbonyl (C=O) groups is 1.